The number of esters is 1. The van der Waals surface area contributed by atoms with Gasteiger partial charge in [0.2, 0.25) is 0 Å². The van der Waals surface area contributed by atoms with Crippen LogP contribution in [0.3, 0.4) is 0 Å². The number of carbonyl (C=O) groups is 1. The maximum absolute atomic E-state index is 12.1. The zero-order valence-corrected chi connectivity index (χ0v) is 11.8. The summed E-state index contributed by atoms with van der Waals surface area (Å²) in [5.41, 5.74) is 0.268. The van der Waals surface area contributed by atoms with Gasteiger partial charge in [0.05, 0.1) is 0 Å². The lowest BCUT2D eigenvalue weighted by Gasteiger charge is -2.22. The zero-order chi connectivity index (χ0) is 14.1. The minimum atomic E-state index is -0.764. The molecular weight excluding hydrogens is 244 g/mol. The molecule has 0 saturated carbocycles. The van der Waals surface area contributed by atoms with E-state index in [1.165, 1.54) is 0 Å². The van der Waals surface area contributed by atoms with E-state index >= 15 is 0 Å². The third kappa shape index (κ3) is 3.33. The van der Waals surface area contributed by atoms with Gasteiger partial charge in [-0.25, -0.2) is 4.79 Å². The number of ether oxygens (including phenoxy) is 3. The van der Waals surface area contributed by atoms with Crippen LogP contribution in [0, 0.1) is 0 Å². The van der Waals surface area contributed by atoms with E-state index in [2.05, 4.69) is 0 Å². The molecular formula is C15H20O4. The second-order valence-corrected chi connectivity index (χ2v) is 5.70. The Morgan fingerprint density at radius 1 is 1.21 bits per heavy atom. The van der Waals surface area contributed by atoms with E-state index in [0.29, 0.717) is 0 Å². The summed E-state index contributed by atoms with van der Waals surface area (Å²) in [6.45, 7) is 7.49. The molecule has 1 aromatic carbocycles. The molecule has 0 amide bonds. The van der Waals surface area contributed by atoms with Crippen LogP contribution < -0.4 is 0 Å². The molecule has 1 atom stereocenters. The highest BCUT2D eigenvalue weighted by Gasteiger charge is 2.51. The van der Waals surface area contributed by atoms with Gasteiger partial charge in [0.25, 0.3) is 0 Å². The summed E-state index contributed by atoms with van der Waals surface area (Å²) < 4.78 is 16.6. The van der Waals surface area contributed by atoms with E-state index in [1.807, 2.05) is 44.2 Å². The van der Waals surface area contributed by atoms with Crippen molar-refractivity contribution in [2.75, 3.05) is 0 Å². The van der Waals surface area contributed by atoms with Gasteiger partial charge in [-0.3, -0.25) is 0 Å². The summed E-state index contributed by atoms with van der Waals surface area (Å²) in [4.78, 5) is 12.1. The first-order valence-corrected chi connectivity index (χ1v) is 6.39. The quantitative estimate of drug-likeness (QED) is 0.787. The number of hydrogen-bond acceptors (Lipinski definition) is 4. The largest absolute Gasteiger partial charge is 0.459 e. The summed E-state index contributed by atoms with van der Waals surface area (Å²) in [6.07, 6.45) is -0.703. The highest BCUT2D eigenvalue weighted by Crippen LogP contribution is 2.36. The molecule has 0 unspecified atom stereocenters. The van der Waals surface area contributed by atoms with Gasteiger partial charge in [-0.2, -0.15) is 0 Å². The number of rotatable bonds is 3. The van der Waals surface area contributed by atoms with Gasteiger partial charge >= 0.3 is 5.97 Å². The van der Waals surface area contributed by atoms with Crippen LogP contribution in [-0.2, 0) is 25.6 Å². The highest BCUT2D eigenvalue weighted by molar-refractivity contribution is 5.76. The van der Waals surface area contributed by atoms with Crippen LogP contribution in [0.2, 0.25) is 0 Å². The van der Waals surface area contributed by atoms with Crippen molar-refractivity contribution in [1.29, 1.82) is 0 Å². The van der Waals surface area contributed by atoms with Crippen molar-refractivity contribution < 1.29 is 19.0 Å². The predicted octanol–water partition coefficient (Wildman–Crippen LogP) is 2.66. The molecule has 4 heteroatoms. The normalized spacial score (nSPS) is 24.1. The molecule has 0 aromatic heterocycles. The van der Waals surface area contributed by atoms with Gasteiger partial charge in [0.1, 0.15) is 12.2 Å². The van der Waals surface area contributed by atoms with Crippen LogP contribution in [0.4, 0.5) is 0 Å². The Balaban J connectivity index is 1.97. The fraction of sp³-hybridized carbons (Fsp3) is 0.533. The van der Waals surface area contributed by atoms with Crippen molar-refractivity contribution in [3.8, 4) is 0 Å². The van der Waals surface area contributed by atoms with E-state index in [0.717, 1.165) is 5.56 Å². The Labute approximate surface area is 113 Å². The van der Waals surface area contributed by atoms with Crippen LogP contribution in [0.25, 0.3) is 0 Å². The molecule has 0 aliphatic carbocycles. The van der Waals surface area contributed by atoms with E-state index in [4.69, 9.17) is 14.2 Å². The fourth-order valence-electron chi connectivity index (χ4n) is 2.27. The highest BCUT2D eigenvalue weighted by atomic mass is 16.8. The monoisotopic (exact) mass is 264 g/mol. The molecule has 1 aliphatic heterocycles. The predicted molar refractivity (Wildman–Crippen MR) is 70.4 cm³/mol. The molecule has 0 spiro atoms. The maximum atomic E-state index is 12.1. The lowest BCUT2D eigenvalue weighted by molar-refractivity contribution is -0.172. The van der Waals surface area contributed by atoms with Crippen molar-refractivity contribution in [2.45, 2.75) is 51.8 Å². The first kappa shape index (κ1) is 14.0. The van der Waals surface area contributed by atoms with Crippen molar-refractivity contribution in [3.63, 3.8) is 0 Å². The van der Waals surface area contributed by atoms with Gasteiger partial charge in [-0.15, -0.1) is 0 Å². The standard InChI is InChI=1S/C15H20O4/c1-14(2)12(18-15(3,4)19-14)13(16)17-10-11-8-6-5-7-9-11/h5-9,12H,10H2,1-4H3/t12-/m1/s1. The summed E-state index contributed by atoms with van der Waals surface area (Å²) in [6, 6.07) is 9.56. The van der Waals surface area contributed by atoms with Gasteiger partial charge in [-0.05, 0) is 33.3 Å². The molecule has 1 aromatic rings. The average molecular weight is 264 g/mol. The molecule has 4 nitrogen and oxygen atoms in total. The lowest BCUT2D eigenvalue weighted by Crippen LogP contribution is -2.40. The first-order valence-electron chi connectivity index (χ1n) is 6.39. The van der Waals surface area contributed by atoms with Crippen LogP contribution in [0.15, 0.2) is 30.3 Å². The third-order valence-corrected chi connectivity index (χ3v) is 2.98. The summed E-state index contributed by atoms with van der Waals surface area (Å²) in [7, 11) is 0. The smallest absolute Gasteiger partial charge is 0.338 e. The van der Waals surface area contributed by atoms with E-state index in [9.17, 15) is 4.79 Å². The van der Waals surface area contributed by atoms with Crippen LogP contribution in [0.5, 0.6) is 0 Å². The third-order valence-electron chi connectivity index (χ3n) is 2.98. The Kier molecular flexibility index (Phi) is 3.65. The molecule has 1 aliphatic rings. The number of benzene rings is 1. The van der Waals surface area contributed by atoms with E-state index in [-0.39, 0.29) is 12.6 Å². The molecule has 1 fully saturated rings. The van der Waals surface area contributed by atoms with Gasteiger partial charge in [-0.1, -0.05) is 30.3 Å². The van der Waals surface area contributed by atoms with E-state index in [1.54, 1.807) is 13.8 Å². The van der Waals surface area contributed by atoms with Crippen LogP contribution >= 0.6 is 0 Å². The Morgan fingerprint density at radius 3 is 2.37 bits per heavy atom. The van der Waals surface area contributed by atoms with Crippen molar-refractivity contribution in [3.05, 3.63) is 35.9 Å². The van der Waals surface area contributed by atoms with E-state index < -0.39 is 17.5 Å². The second kappa shape index (κ2) is 4.94. The average Bonchev–Trinajstić information content (AvgIpc) is 2.56. The van der Waals surface area contributed by atoms with Crippen molar-refractivity contribution in [2.24, 2.45) is 0 Å². The minimum Gasteiger partial charge on any atom is -0.459 e. The van der Waals surface area contributed by atoms with Gasteiger partial charge in [0.15, 0.2) is 11.9 Å². The Hall–Kier alpha value is -1.39. The molecule has 0 bridgehead atoms. The Morgan fingerprint density at radius 2 is 1.84 bits per heavy atom. The van der Waals surface area contributed by atoms with Crippen molar-refractivity contribution in [1.82, 2.24) is 0 Å². The molecule has 0 radical (unpaired) electrons. The summed E-state index contributed by atoms with van der Waals surface area (Å²) >= 11 is 0. The molecule has 0 N–H and O–H groups in total. The lowest BCUT2D eigenvalue weighted by atomic mass is 10.0. The molecule has 19 heavy (non-hydrogen) atoms. The van der Waals surface area contributed by atoms with Crippen LogP contribution in [-0.4, -0.2) is 23.5 Å². The summed E-state index contributed by atoms with van der Waals surface area (Å²) in [5.74, 6) is -1.15. The zero-order valence-electron chi connectivity index (χ0n) is 11.8. The van der Waals surface area contributed by atoms with Crippen molar-refractivity contribution >= 4 is 5.97 Å². The summed E-state index contributed by atoms with van der Waals surface area (Å²) in [5, 5.41) is 0. The number of hydrogen-bond donors (Lipinski definition) is 0. The minimum absolute atomic E-state index is 0.246. The SMILES string of the molecule is CC1(C)O[C@H](C(=O)OCc2ccccc2)C(C)(C)O1. The number of carbonyl (C=O) groups excluding carboxylic acids is 1. The molecule has 2 rings (SSSR count). The Bertz CT molecular complexity index is 450. The maximum Gasteiger partial charge on any atom is 0.338 e. The first-order chi connectivity index (χ1) is 8.80. The van der Waals surface area contributed by atoms with Gasteiger partial charge in [0, 0.05) is 0 Å². The topological polar surface area (TPSA) is 44.8 Å². The fourth-order valence-corrected chi connectivity index (χ4v) is 2.27. The molecule has 104 valence electrons. The second-order valence-electron chi connectivity index (χ2n) is 5.70. The molecule has 1 saturated heterocycles. The molecule has 1 heterocycles. The van der Waals surface area contributed by atoms with Crippen LogP contribution in [0.1, 0.15) is 33.3 Å². The van der Waals surface area contributed by atoms with Gasteiger partial charge < -0.3 is 14.2 Å².